The largest absolute Gasteiger partial charge is 1.00 e. The second-order valence-corrected chi connectivity index (χ2v) is 38.2. The van der Waals surface area contributed by atoms with Gasteiger partial charge in [0, 0.05) is 0 Å². The van der Waals surface area contributed by atoms with Gasteiger partial charge in [-0.2, -0.15) is 0 Å². The van der Waals surface area contributed by atoms with Crippen LogP contribution in [0.5, 0.6) is 0 Å². The van der Waals surface area contributed by atoms with E-state index in [1.807, 2.05) is 0 Å². The Hall–Kier alpha value is -7.12. The van der Waals surface area contributed by atoms with E-state index in [1.54, 1.807) is 0 Å². The number of hydrogen-bond donors (Lipinski definition) is 0. The summed E-state index contributed by atoms with van der Waals surface area (Å²) in [5.74, 6) is 2.63. The van der Waals surface area contributed by atoms with E-state index in [0.717, 1.165) is 52.4 Å². The highest BCUT2D eigenvalue weighted by atomic mass is 35.5. The number of halogens is 2. The van der Waals surface area contributed by atoms with Crippen molar-refractivity contribution < 1.29 is 34.0 Å². The second kappa shape index (κ2) is 29.8. The lowest BCUT2D eigenvalue weighted by Gasteiger charge is -2.31. The molecule has 8 aromatic rings. The molecule has 0 bridgehead atoms. The fraction of sp³-hybridized carbons (Fsp3) is 0.468. The zero-order valence-corrected chi connectivity index (χ0v) is 68.4. The van der Waals surface area contributed by atoms with E-state index < -0.39 is 0 Å². The molecule has 0 aliphatic carbocycles. The summed E-state index contributed by atoms with van der Waals surface area (Å²) in [6.45, 7) is 63.6. The Balaban J connectivity index is 0.00000605. The van der Waals surface area contributed by atoms with Gasteiger partial charge in [0.1, 0.15) is 24.2 Å². The lowest BCUT2D eigenvalue weighted by atomic mass is 9.79. The molecule has 102 heavy (non-hydrogen) atoms. The van der Waals surface area contributed by atoms with Gasteiger partial charge in [0.15, 0.2) is 0 Å². The zero-order chi connectivity index (χ0) is 72.5. The fourth-order valence-corrected chi connectivity index (χ4v) is 15.5. The van der Waals surface area contributed by atoms with Crippen molar-refractivity contribution in [2.75, 3.05) is 26.2 Å². The monoisotopic (exact) mass is 1410 g/mol. The van der Waals surface area contributed by atoms with Crippen LogP contribution in [-0.2, 0) is 69.5 Å². The summed E-state index contributed by atoms with van der Waals surface area (Å²) in [5, 5.41) is 0. The molecule has 0 saturated carbocycles. The van der Waals surface area contributed by atoms with Gasteiger partial charge in [-0.3, -0.25) is 9.15 Å². The van der Waals surface area contributed by atoms with Crippen LogP contribution in [0.15, 0.2) is 194 Å². The molecular weight excluding hydrogens is 1280 g/mol. The van der Waals surface area contributed by atoms with Crippen molar-refractivity contribution in [3.8, 4) is 0 Å². The van der Waals surface area contributed by atoms with Gasteiger partial charge in [-0.1, -0.05) is 360 Å². The predicted molar refractivity (Wildman–Crippen MR) is 424 cm³/mol. The number of rotatable bonds is 12. The van der Waals surface area contributed by atoms with Gasteiger partial charge in [0.25, 0.3) is 0 Å². The first-order valence-corrected chi connectivity index (χ1v) is 37.7. The van der Waals surface area contributed by atoms with Crippen LogP contribution >= 0.6 is 0 Å². The first-order chi connectivity index (χ1) is 46.6. The van der Waals surface area contributed by atoms with E-state index in [1.165, 1.54) is 101 Å². The molecule has 0 N–H and O–H groups in total. The van der Waals surface area contributed by atoms with Crippen LogP contribution < -0.4 is 24.8 Å². The SMILES string of the molecule is CC(C)(C)c1cc(CN2C(=[N+]3CC[N+](=C4N(Cc5cc(C(C)(C)C)cc(C(C)(C)C)c5)[C@@H](c5ccccc5)[C@H](c5ccccc5)N4Cc4cc(C(C)(C)C)cc(C(C)(C)C)c4)CC3)N(Cc3cc(C(C)(C)C)cc(C(C)(C)C)c3)[C@@H](c3ccccc3)[C@@H]2c2ccccc2)cc(C(C)(C)C)c1.[Cl-].[Cl-]. The van der Waals surface area contributed by atoms with Gasteiger partial charge in [0.05, 0.1) is 52.4 Å². The van der Waals surface area contributed by atoms with Crippen molar-refractivity contribution in [3.05, 3.63) is 283 Å². The van der Waals surface area contributed by atoms with E-state index in [-0.39, 0.29) is 92.3 Å². The molecule has 0 aromatic heterocycles. The quantitative estimate of drug-likeness (QED) is 0.114. The van der Waals surface area contributed by atoms with Crippen molar-refractivity contribution in [1.29, 1.82) is 0 Å². The smallest absolute Gasteiger partial charge is 0.352 e. The zero-order valence-electron chi connectivity index (χ0n) is 66.9. The molecule has 4 atom stereocenters. The molecule has 8 aromatic carbocycles. The van der Waals surface area contributed by atoms with Crippen LogP contribution in [0.2, 0.25) is 0 Å². The first kappa shape index (κ1) is 79.0. The molecule has 3 saturated heterocycles. The summed E-state index contributed by atoms with van der Waals surface area (Å²) in [6.07, 6.45) is 0. The van der Waals surface area contributed by atoms with Crippen LogP contribution in [0.1, 0.15) is 279 Å². The maximum Gasteiger partial charge on any atom is 0.352 e. The molecule has 6 nitrogen and oxygen atoms in total. The van der Waals surface area contributed by atoms with E-state index in [0.29, 0.717) is 0 Å². The van der Waals surface area contributed by atoms with Crippen LogP contribution in [0.3, 0.4) is 0 Å². The molecule has 0 radical (unpaired) electrons. The van der Waals surface area contributed by atoms with Gasteiger partial charge in [-0.05, 0) is 132 Å². The third kappa shape index (κ3) is 17.6. The normalized spacial score (nSPS) is 18.3. The lowest BCUT2D eigenvalue weighted by Crippen LogP contribution is -3.00. The first-order valence-electron chi connectivity index (χ1n) is 37.7. The molecule has 3 fully saturated rings. The van der Waals surface area contributed by atoms with Gasteiger partial charge in [-0.25, -0.2) is 19.6 Å². The third-order valence-electron chi connectivity index (χ3n) is 21.7. The topological polar surface area (TPSA) is 19.0 Å². The van der Waals surface area contributed by atoms with Gasteiger partial charge in [0.2, 0.25) is 0 Å². The van der Waals surface area contributed by atoms with Crippen molar-refractivity contribution in [3.63, 3.8) is 0 Å². The number of nitrogens with zero attached hydrogens (tertiary/aromatic N) is 6. The van der Waals surface area contributed by atoms with E-state index >= 15 is 0 Å². The predicted octanol–water partition coefficient (Wildman–Crippen LogP) is 16.1. The Morgan fingerprint density at radius 2 is 0.382 bits per heavy atom. The van der Waals surface area contributed by atoms with E-state index in [4.69, 9.17) is 0 Å². The Kier molecular flexibility index (Phi) is 23.1. The molecule has 11 rings (SSSR count). The third-order valence-corrected chi connectivity index (χ3v) is 21.7. The minimum Gasteiger partial charge on any atom is -1.00 e. The summed E-state index contributed by atoms with van der Waals surface area (Å²) < 4.78 is 5.68. The number of hydrogen-bond acceptors (Lipinski definition) is 0. The molecule has 3 aliphatic heterocycles. The average molecular weight is 1410 g/mol. The van der Waals surface area contributed by atoms with Crippen molar-refractivity contribution in [2.24, 2.45) is 0 Å². The molecule has 544 valence electrons. The minimum atomic E-state index is -0.0442. The number of guanidine groups is 2. The molecule has 0 spiro atoms. The van der Waals surface area contributed by atoms with Crippen LogP contribution in [-0.4, -0.2) is 66.8 Å². The molecule has 0 amide bonds. The molecular formula is C94H124Cl2N6. The van der Waals surface area contributed by atoms with Crippen LogP contribution in [0, 0.1) is 0 Å². The summed E-state index contributed by atoms with van der Waals surface area (Å²) in [4.78, 5) is 11.5. The average Bonchev–Trinajstić information content (AvgIpc) is 1.58. The maximum absolute atomic E-state index is 2.87. The Morgan fingerprint density at radius 1 is 0.235 bits per heavy atom. The number of benzene rings is 8. The molecule has 0 unspecified atom stereocenters. The highest BCUT2D eigenvalue weighted by Gasteiger charge is 2.56. The summed E-state index contributed by atoms with van der Waals surface area (Å²) >= 11 is 0. The van der Waals surface area contributed by atoms with Gasteiger partial charge < -0.3 is 24.8 Å². The van der Waals surface area contributed by atoms with E-state index in [2.05, 4.69) is 389 Å². The highest BCUT2D eigenvalue weighted by molar-refractivity contribution is 5.81. The van der Waals surface area contributed by atoms with Crippen molar-refractivity contribution in [2.45, 2.75) is 260 Å². The maximum atomic E-state index is 2.87. The van der Waals surface area contributed by atoms with Crippen LogP contribution in [0.25, 0.3) is 0 Å². The number of piperazine rings is 1. The minimum absolute atomic E-state index is 0. The van der Waals surface area contributed by atoms with Crippen LogP contribution in [0.4, 0.5) is 0 Å². The van der Waals surface area contributed by atoms with Crippen molar-refractivity contribution in [1.82, 2.24) is 19.6 Å². The molecule has 8 heteroatoms. The van der Waals surface area contributed by atoms with Gasteiger partial charge >= 0.3 is 11.9 Å². The molecule has 3 heterocycles. The Labute approximate surface area is 630 Å². The standard InChI is InChI=1S/C94H124N6.2ClH/c1-87(2,3)73-49-65(50-74(57-73)88(4,5)6)61-97-81(69-37-29-25-30-38-69)82(70-39-31-26-32-40-70)98(62-66-51-75(89(7,8)9)58-76(52-66)90(10,11)12)85(97)95-45-47-96(48-46-95)86-99(63-67-53-77(91(13,14)15)59-78(54-67)92(16,17)18)83(71-41-33-27-34-42-71)84(72-43-35-28-36-44-72)100(86)64-68-55-79(93(19,20)21)60-80(56-68)94(22,23)24;;/h25-44,49-60,81-84H,45-48,61-64H2,1-24H3;2*1H/q+2;;/p-2/t81-,82-,83-,84-;;/m0../s1. The fourth-order valence-electron chi connectivity index (χ4n) is 15.5. The lowest BCUT2D eigenvalue weighted by molar-refractivity contribution is -0.671. The Bertz CT molecular complexity index is 3570. The van der Waals surface area contributed by atoms with E-state index in [9.17, 15) is 0 Å². The summed E-state index contributed by atoms with van der Waals surface area (Å²) in [6, 6.07) is 76.5. The highest BCUT2D eigenvalue weighted by Crippen LogP contribution is 2.50. The summed E-state index contributed by atoms with van der Waals surface area (Å²) in [5.41, 5.74) is 21.5. The molecule has 3 aliphatic rings. The summed E-state index contributed by atoms with van der Waals surface area (Å²) in [7, 11) is 0. The van der Waals surface area contributed by atoms with Gasteiger partial charge in [-0.15, -0.1) is 0 Å². The van der Waals surface area contributed by atoms with Crippen molar-refractivity contribution >= 4 is 11.9 Å². The Morgan fingerprint density at radius 3 is 0.520 bits per heavy atom. The second-order valence-electron chi connectivity index (χ2n) is 38.2.